The standard InChI is InChI=1S/C17H28N4O/c1-3-10-22-17-14(18)16(20-15(21-17)12-8-9-12)19-13-7-5-4-6-11(13)2/h11-13H,3-10,18H2,1-2H3,(H,19,20,21). The summed E-state index contributed by atoms with van der Waals surface area (Å²) in [5.41, 5.74) is 6.83. The summed E-state index contributed by atoms with van der Waals surface area (Å²) in [6.07, 6.45) is 8.38. The van der Waals surface area contributed by atoms with E-state index in [1.165, 1.54) is 38.5 Å². The highest BCUT2D eigenvalue weighted by atomic mass is 16.5. The highest BCUT2D eigenvalue weighted by Gasteiger charge is 2.30. The Morgan fingerprint density at radius 3 is 2.64 bits per heavy atom. The molecule has 0 amide bonds. The van der Waals surface area contributed by atoms with Crippen LogP contribution in [0.15, 0.2) is 0 Å². The minimum Gasteiger partial charge on any atom is -0.476 e. The number of anilines is 2. The van der Waals surface area contributed by atoms with Crippen molar-refractivity contribution in [2.45, 2.75) is 70.8 Å². The van der Waals surface area contributed by atoms with Gasteiger partial charge in [0.2, 0.25) is 5.88 Å². The maximum atomic E-state index is 6.26. The highest BCUT2D eigenvalue weighted by Crippen LogP contribution is 2.41. The first-order valence-electron chi connectivity index (χ1n) is 8.75. The van der Waals surface area contributed by atoms with Crippen LogP contribution in [-0.2, 0) is 0 Å². The third kappa shape index (κ3) is 3.45. The van der Waals surface area contributed by atoms with Crippen molar-refractivity contribution < 1.29 is 4.74 Å². The van der Waals surface area contributed by atoms with Crippen molar-refractivity contribution in [2.24, 2.45) is 5.92 Å². The molecule has 1 heterocycles. The second-order valence-corrected chi connectivity index (χ2v) is 6.78. The summed E-state index contributed by atoms with van der Waals surface area (Å²) >= 11 is 0. The van der Waals surface area contributed by atoms with Crippen LogP contribution in [-0.4, -0.2) is 22.6 Å². The van der Waals surface area contributed by atoms with Gasteiger partial charge < -0.3 is 15.8 Å². The van der Waals surface area contributed by atoms with Crippen LogP contribution in [0.1, 0.15) is 70.5 Å². The fourth-order valence-corrected chi connectivity index (χ4v) is 3.11. The van der Waals surface area contributed by atoms with Crippen molar-refractivity contribution in [2.75, 3.05) is 17.7 Å². The first kappa shape index (κ1) is 15.4. The normalized spacial score (nSPS) is 25.0. The Kier molecular flexibility index (Phi) is 4.69. The molecule has 5 nitrogen and oxygen atoms in total. The molecule has 2 atom stereocenters. The van der Waals surface area contributed by atoms with Crippen molar-refractivity contribution in [1.29, 1.82) is 0 Å². The van der Waals surface area contributed by atoms with Crippen LogP contribution in [0.25, 0.3) is 0 Å². The summed E-state index contributed by atoms with van der Waals surface area (Å²) in [4.78, 5) is 9.25. The van der Waals surface area contributed by atoms with Crippen molar-refractivity contribution >= 4 is 11.5 Å². The van der Waals surface area contributed by atoms with Crippen LogP contribution in [0.4, 0.5) is 11.5 Å². The molecule has 3 rings (SSSR count). The van der Waals surface area contributed by atoms with E-state index in [4.69, 9.17) is 15.5 Å². The summed E-state index contributed by atoms with van der Waals surface area (Å²) < 4.78 is 5.75. The minimum atomic E-state index is 0.456. The van der Waals surface area contributed by atoms with E-state index in [1.54, 1.807) is 0 Å². The van der Waals surface area contributed by atoms with Crippen molar-refractivity contribution in [1.82, 2.24) is 9.97 Å². The van der Waals surface area contributed by atoms with E-state index >= 15 is 0 Å². The van der Waals surface area contributed by atoms with Crippen LogP contribution >= 0.6 is 0 Å². The van der Waals surface area contributed by atoms with Gasteiger partial charge in [-0.05, 0) is 38.0 Å². The van der Waals surface area contributed by atoms with Gasteiger partial charge in [0, 0.05) is 12.0 Å². The first-order chi connectivity index (χ1) is 10.7. The molecule has 2 unspecified atom stereocenters. The monoisotopic (exact) mass is 304 g/mol. The molecule has 22 heavy (non-hydrogen) atoms. The molecule has 0 bridgehead atoms. The summed E-state index contributed by atoms with van der Waals surface area (Å²) in [7, 11) is 0. The molecular formula is C17H28N4O. The number of nitrogens with one attached hydrogen (secondary N) is 1. The molecule has 2 aliphatic carbocycles. The van der Waals surface area contributed by atoms with Gasteiger partial charge in [-0.3, -0.25) is 0 Å². The lowest BCUT2D eigenvalue weighted by Gasteiger charge is -2.30. The fraction of sp³-hybridized carbons (Fsp3) is 0.765. The molecule has 122 valence electrons. The number of nitrogens with zero attached hydrogens (tertiary/aromatic N) is 2. The van der Waals surface area contributed by atoms with Gasteiger partial charge in [0.1, 0.15) is 11.5 Å². The number of nitrogens with two attached hydrogens (primary N) is 1. The van der Waals surface area contributed by atoms with E-state index in [1.807, 2.05) is 0 Å². The molecular weight excluding hydrogens is 276 g/mol. The Morgan fingerprint density at radius 1 is 1.18 bits per heavy atom. The molecule has 3 N–H and O–H groups in total. The summed E-state index contributed by atoms with van der Waals surface area (Å²) in [5.74, 6) is 3.39. The average Bonchev–Trinajstić information content (AvgIpc) is 3.35. The minimum absolute atomic E-state index is 0.456. The van der Waals surface area contributed by atoms with Crippen LogP contribution in [0.2, 0.25) is 0 Å². The van der Waals surface area contributed by atoms with Crippen LogP contribution in [0.3, 0.4) is 0 Å². The van der Waals surface area contributed by atoms with Crippen molar-refractivity contribution in [3.8, 4) is 5.88 Å². The number of hydrogen-bond donors (Lipinski definition) is 2. The van der Waals surface area contributed by atoms with Gasteiger partial charge in [-0.15, -0.1) is 0 Å². The number of ether oxygens (including phenoxy) is 1. The predicted octanol–water partition coefficient (Wildman–Crippen LogP) is 3.72. The molecule has 0 saturated heterocycles. The molecule has 2 saturated carbocycles. The Labute approximate surface area is 133 Å². The number of aromatic nitrogens is 2. The third-order valence-electron chi connectivity index (χ3n) is 4.75. The predicted molar refractivity (Wildman–Crippen MR) is 89.2 cm³/mol. The highest BCUT2D eigenvalue weighted by molar-refractivity contribution is 5.67. The second-order valence-electron chi connectivity index (χ2n) is 6.78. The van der Waals surface area contributed by atoms with Gasteiger partial charge in [0.25, 0.3) is 0 Å². The van der Waals surface area contributed by atoms with Gasteiger partial charge >= 0.3 is 0 Å². The van der Waals surface area contributed by atoms with Gasteiger partial charge in [-0.2, -0.15) is 4.98 Å². The summed E-state index contributed by atoms with van der Waals surface area (Å²) in [6, 6.07) is 0.456. The molecule has 0 spiro atoms. The average molecular weight is 304 g/mol. The van der Waals surface area contributed by atoms with E-state index in [2.05, 4.69) is 24.1 Å². The number of rotatable bonds is 6. The SMILES string of the molecule is CCCOc1nc(C2CC2)nc(NC2CCCCC2C)c1N. The molecule has 0 radical (unpaired) electrons. The van der Waals surface area contributed by atoms with Gasteiger partial charge in [-0.1, -0.05) is 26.7 Å². The zero-order chi connectivity index (χ0) is 15.5. The van der Waals surface area contributed by atoms with Crippen molar-refractivity contribution in [3.05, 3.63) is 5.82 Å². The molecule has 0 aromatic carbocycles. The third-order valence-corrected chi connectivity index (χ3v) is 4.75. The Balaban J connectivity index is 1.82. The number of nitrogen functional groups attached to an aromatic ring is 1. The Hall–Kier alpha value is -1.52. The second kappa shape index (κ2) is 6.71. The van der Waals surface area contributed by atoms with Gasteiger partial charge in [0.15, 0.2) is 5.82 Å². The molecule has 1 aromatic rings. The lowest BCUT2D eigenvalue weighted by Crippen LogP contribution is -2.31. The largest absolute Gasteiger partial charge is 0.476 e. The molecule has 2 aliphatic rings. The smallest absolute Gasteiger partial charge is 0.242 e. The van der Waals surface area contributed by atoms with E-state index in [9.17, 15) is 0 Å². The lowest BCUT2D eigenvalue weighted by molar-refractivity contribution is 0.305. The van der Waals surface area contributed by atoms with E-state index < -0.39 is 0 Å². The maximum absolute atomic E-state index is 6.26. The zero-order valence-corrected chi connectivity index (χ0v) is 13.8. The molecule has 0 aliphatic heterocycles. The quantitative estimate of drug-likeness (QED) is 0.838. The Morgan fingerprint density at radius 2 is 1.95 bits per heavy atom. The fourth-order valence-electron chi connectivity index (χ4n) is 3.11. The lowest BCUT2D eigenvalue weighted by atomic mass is 9.86. The number of hydrogen-bond acceptors (Lipinski definition) is 5. The zero-order valence-electron chi connectivity index (χ0n) is 13.8. The molecule has 5 heteroatoms. The van der Waals surface area contributed by atoms with Crippen LogP contribution in [0.5, 0.6) is 5.88 Å². The van der Waals surface area contributed by atoms with E-state index in [0.29, 0.717) is 36.1 Å². The van der Waals surface area contributed by atoms with Gasteiger partial charge in [0.05, 0.1) is 6.61 Å². The Bertz CT molecular complexity index is 516. The topological polar surface area (TPSA) is 73.1 Å². The maximum Gasteiger partial charge on any atom is 0.242 e. The first-order valence-corrected chi connectivity index (χ1v) is 8.75. The van der Waals surface area contributed by atoms with E-state index in [-0.39, 0.29) is 0 Å². The van der Waals surface area contributed by atoms with Crippen molar-refractivity contribution in [3.63, 3.8) is 0 Å². The van der Waals surface area contributed by atoms with Gasteiger partial charge in [-0.25, -0.2) is 4.98 Å². The van der Waals surface area contributed by atoms with E-state index in [0.717, 1.165) is 18.1 Å². The summed E-state index contributed by atoms with van der Waals surface area (Å²) in [6.45, 7) is 5.04. The van der Waals surface area contributed by atoms with Crippen LogP contribution in [0, 0.1) is 5.92 Å². The molecule has 1 aromatic heterocycles. The summed E-state index contributed by atoms with van der Waals surface area (Å²) in [5, 5.41) is 3.58. The van der Waals surface area contributed by atoms with Crippen LogP contribution < -0.4 is 15.8 Å². The molecule has 2 fully saturated rings.